The van der Waals surface area contributed by atoms with Crippen LogP contribution in [0.3, 0.4) is 0 Å². The molecular weight excluding hydrogens is 280 g/mol. The Balaban J connectivity index is 2.12. The molecule has 2 unspecified atom stereocenters. The summed E-state index contributed by atoms with van der Waals surface area (Å²) in [5, 5.41) is 13.2. The quantitative estimate of drug-likeness (QED) is 0.709. The molecule has 1 aromatic heterocycles. The molecule has 0 aliphatic heterocycles. The summed E-state index contributed by atoms with van der Waals surface area (Å²) < 4.78 is 28.7. The molecule has 1 fully saturated rings. The largest absolute Gasteiger partial charge is 0.396 e. The average Bonchev–Trinajstić information content (AvgIpc) is 2.92. The molecule has 0 bridgehead atoms. The van der Waals surface area contributed by atoms with Gasteiger partial charge in [0.15, 0.2) is 5.82 Å². The maximum absolute atomic E-state index is 12.3. The van der Waals surface area contributed by atoms with Crippen LogP contribution >= 0.6 is 0 Å². The van der Waals surface area contributed by atoms with E-state index in [2.05, 4.69) is 9.82 Å². The van der Waals surface area contributed by atoms with Gasteiger partial charge in [-0.2, -0.15) is 5.10 Å². The van der Waals surface area contributed by atoms with E-state index in [0.717, 1.165) is 19.3 Å². The molecule has 0 radical (unpaired) electrons. The number of nitrogens with one attached hydrogen (secondary N) is 1. The number of hydrogen-bond donors (Lipinski definition) is 3. The van der Waals surface area contributed by atoms with Crippen LogP contribution in [0.2, 0.25) is 0 Å². The molecule has 8 heteroatoms. The van der Waals surface area contributed by atoms with E-state index in [1.54, 1.807) is 14.0 Å². The molecule has 4 N–H and O–H groups in total. The zero-order valence-corrected chi connectivity index (χ0v) is 12.7. The van der Waals surface area contributed by atoms with E-state index >= 15 is 0 Å². The maximum Gasteiger partial charge on any atom is 0.246 e. The monoisotopic (exact) mass is 302 g/mol. The third-order valence-corrected chi connectivity index (χ3v) is 5.75. The third kappa shape index (κ3) is 2.82. The van der Waals surface area contributed by atoms with E-state index in [9.17, 15) is 13.5 Å². The molecule has 1 heterocycles. The minimum absolute atomic E-state index is 0.0163. The van der Waals surface area contributed by atoms with Crippen molar-refractivity contribution in [2.75, 3.05) is 18.9 Å². The first-order chi connectivity index (χ1) is 9.36. The predicted octanol–water partition coefficient (Wildman–Crippen LogP) is -0.00238. The Morgan fingerprint density at radius 1 is 1.45 bits per heavy atom. The lowest BCUT2D eigenvalue weighted by Gasteiger charge is -2.17. The highest BCUT2D eigenvalue weighted by Gasteiger charge is 2.30. The van der Waals surface area contributed by atoms with Gasteiger partial charge >= 0.3 is 0 Å². The van der Waals surface area contributed by atoms with E-state index < -0.39 is 10.0 Å². The van der Waals surface area contributed by atoms with E-state index in [0.29, 0.717) is 12.2 Å². The minimum Gasteiger partial charge on any atom is -0.396 e. The number of nitrogen functional groups attached to an aromatic ring is 1. The van der Waals surface area contributed by atoms with Gasteiger partial charge in [-0.05, 0) is 31.6 Å². The minimum atomic E-state index is -3.66. The zero-order valence-electron chi connectivity index (χ0n) is 11.8. The number of nitrogens with zero attached hydrogens (tertiary/aromatic N) is 2. The van der Waals surface area contributed by atoms with Crippen LogP contribution in [-0.2, 0) is 17.1 Å². The number of aryl methyl sites for hydroxylation is 1. The van der Waals surface area contributed by atoms with Crippen LogP contribution in [0.25, 0.3) is 0 Å². The Kier molecular flexibility index (Phi) is 4.36. The molecule has 0 saturated heterocycles. The summed E-state index contributed by atoms with van der Waals surface area (Å²) in [6.07, 6.45) is 2.93. The van der Waals surface area contributed by atoms with Crippen LogP contribution in [0.4, 0.5) is 5.82 Å². The second kappa shape index (κ2) is 5.71. The summed E-state index contributed by atoms with van der Waals surface area (Å²) in [5.74, 6) is 0.389. The number of nitrogens with two attached hydrogens (primary N) is 1. The number of aromatic nitrogens is 2. The SMILES string of the molecule is Cc1c(S(=O)(=O)NCC2CCCC2CO)c(N)nn1C. The highest BCUT2D eigenvalue weighted by atomic mass is 32.2. The number of rotatable bonds is 5. The van der Waals surface area contributed by atoms with Crippen molar-refractivity contribution in [3.8, 4) is 0 Å². The summed E-state index contributed by atoms with van der Waals surface area (Å²) in [6, 6.07) is 0. The van der Waals surface area contributed by atoms with Gasteiger partial charge in [0.1, 0.15) is 4.90 Å². The Hall–Kier alpha value is -1.12. The third-order valence-electron chi connectivity index (χ3n) is 4.16. The fraction of sp³-hybridized carbons (Fsp3) is 0.750. The van der Waals surface area contributed by atoms with Crippen molar-refractivity contribution in [2.24, 2.45) is 18.9 Å². The van der Waals surface area contributed by atoms with E-state index in [1.807, 2.05) is 0 Å². The molecule has 20 heavy (non-hydrogen) atoms. The van der Waals surface area contributed by atoms with E-state index in [4.69, 9.17) is 5.73 Å². The molecule has 1 saturated carbocycles. The van der Waals surface area contributed by atoms with E-state index in [1.165, 1.54) is 4.68 Å². The van der Waals surface area contributed by atoms with Crippen molar-refractivity contribution >= 4 is 15.8 Å². The zero-order chi connectivity index (χ0) is 14.9. The van der Waals surface area contributed by atoms with Crippen molar-refractivity contribution in [3.05, 3.63) is 5.69 Å². The molecule has 0 spiro atoms. The topological polar surface area (TPSA) is 110 Å². The summed E-state index contributed by atoms with van der Waals surface area (Å²) >= 11 is 0. The van der Waals surface area contributed by atoms with Gasteiger partial charge in [-0.15, -0.1) is 0 Å². The predicted molar refractivity (Wildman–Crippen MR) is 75.5 cm³/mol. The molecule has 2 rings (SSSR count). The van der Waals surface area contributed by atoms with Gasteiger partial charge in [-0.1, -0.05) is 6.42 Å². The van der Waals surface area contributed by atoms with Gasteiger partial charge in [0.25, 0.3) is 0 Å². The molecule has 1 aliphatic carbocycles. The molecule has 0 aromatic carbocycles. The van der Waals surface area contributed by atoms with Crippen molar-refractivity contribution in [1.29, 1.82) is 0 Å². The average molecular weight is 302 g/mol. The van der Waals surface area contributed by atoms with Crippen LogP contribution in [0.15, 0.2) is 4.90 Å². The van der Waals surface area contributed by atoms with Crippen molar-refractivity contribution in [2.45, 2.75) is 31.1 Å². The van der Waals surface area contributed by atoms with Crippen LogP contribution < -0.4 is 10.5 Å². The Bertz CT molecular complexity index is 582. The first-order valence-corrected chi connectivity index (χ1v) is 8.24. The van der Waals surface area contributed by atoms with Crippen LogP contribution in [-0.4, -0.2) is 36.5 Å². The first-order valence-electron chi connectivity index (χ1n) is 6.76. The fourth-order valence-electron chi connectivity index (χ4n) is 2.86. The highest BCUT2D eigenvalue weighted by molar-refractivity contribution is 7.89. The number of anilines is 1. The van der Waals surface area contributed by atoms with Gasteiger partial charge in [0, 0.05) is 20.2 Å². The van der Waals surface area contributed by atoms with Crippen LogP contribution in [0.5, 0.6) is 0 Å². The first kappa shape index (κ1) is 15.3. The molecule has 1 aliphatic rings. The molecule has 114 valence electrons. The summed E-state index contributed by atoms with van der Waals surface area (Å²) in [5.41, 5.74) is 6.19. The van der Waals surface area contributed by atoms with Gasteiger partial charge in [-0.3, -0.25) is 4.68 Å². The van der Waals surface area contributed by atoms with Crippen LogP contribution in [0.1, 0.15) is 25.0 Å². The number of aliphatic hydroxyl groups is 1. The highest BCUT2D eigenvalue weighted by Crippen LogP contribution is 2.31. The summed E-state index contributed by atoms with van der Waals surface area (Å²) in [4.78, 5) is 0.0542. The molecule has 1 aromatic rings. The van der Waals surface area contributed by atoms with Crippen molar-refractivity contribution in [3.63, 3.8) is 0 Å². The Labute approximate surface area is 119 Å². The normalized spacial score (nSPS) is 23.4. The Morgan fingerprint density at radius 2 is 2.10 bits per heavy atom. The van der Waals surface area contributed by atoms with Crippen molar-refractivity contribution in [1.82, 2.24) is 14.5 Å². The molecule has 0 amide bonds. The van der Waals surface area contributed by atoms with Gasteiger partial charge in [0.2, 0.25) is 10.0 Å². The number of aliphatic hydroxyl groups excluding tert-OH is 1. The van der Waals surface area contributed by atoms with E-state index in [-0.39, 0.29) is 29.2 Å². The van der Waals surface area contributed by atoms with Gasteiger partial charge in [0.05, 0.1) is 5.69 Å². The second-order valence-electron chi connectivity index (χ2n) is 5.41. The summed E-state index contributed by atoms with van der Waals surface area (Å²) in [6.45, 7) is 2.12. The standard InChI is InChI=1S/C12H22N4O3S/c1-8-11(12(13)15-16(8)2)20(18,19)14-6-9-4-3-5-10(9)7-17/h9-10,14,17H,3-7H2,1-2H3,(H2,13,15). The van der Waals surface area contributed by atoms with Gasteiger partial charge in [-0.25, -0.2) is 13.1 Å². The Morgan fingerprint density at radius 3 is 2.65 bits per heavy atom. The lowest BCUT2D eigenvalue weighted by Crippen LogP contribution is -2.32. The smallest absolute Gasteiger partial charge is 0.246 e. The number of hydrogen-bond acceptors (Lipinski definition) is 5. The fourth-order valence-corrected chi connectivity index (χ4v) is 4.27. The van der Waals surface area contributed by atoms with Crippen molar-refractivity contribution < 1.29 is 13.5 Å². The van der Waals surface area contributed by atoms with Gasteiger partial charge < -0.3 is 10.8 Å². The molecular formula is C12H22N4O3S. The second-order valence-corrected chi connectivity index (χ2v) is 7.11. The lowest BCUT2D eigenvalue weighted by molar-refractivity contribution is 0.195. The molecule has 7 nitrogen and oxygen atoms in total. The lowest BCUT2D eigenvalue weighted by atomic mass is 9.97. The maximum atomic E-state index is 12.3. The summed E-state index contributed by atoms with van der Waals surface area (Å²) in [7, 11) is -2.00. The van der Waals surface area contributed by atoms with Crippen LogP contribution in [0, 0.1) is 18.8 Å². The number of sulfonamides is 1. The molecule has 2 atom stereocenters.